The Bertz CT molecular complexity index is 572. The molecule has 0 amide bonds. The molecular formula is C13H13BrF2N2S. The quantitative estimate of drug-likeness (QED) is 0.815. The summed E-state index contributed by atoms with van der Waals surface area (Å²) in [6.07, 6.45) is -2.53. The third kappa shape index (κ3) is 3.45. The van der Waals surface area contributed by atoms with Gasteiger partial charge in [-0.05, 0) is 40.2 Å². The van der Waals surface area contributed by atoms with Gasteiger partial charge in [0.05, 0.1) is 6.54 Å². The number of rotatable bonds is 4. The predicted octanol–water partition coefficient (Wildman–Crippen LogP) is 4.67. The van der Waals surface area contributed by atoms with Crippen molar-refractivity contribution >= 4 is 38.6 Å². The lowest BCUT2D eigenvalue weighted by molar-refractivity contribution is 0.152. The predicted molar refractivity (Wildman–Crippen MR) is 79.9 cm³/mol. The zero-order valence-corrected chi connectivity index (χ0v) is 12.6. The van der Waals surface area contributed by atoms with Crippen molar-refractivity contribution in [2.45, 2.75) is 13.0 Å². The first-order chi connectivity index (χ1) is 8.97. The Morgan fingerprint density at radius 3 is 2.68 bits per heavy atom. The van der Waals surface area contributed by atoms with Gasteiger partial charge in [0.1, 0.15) is 0 Å². The van der Waals surface area contributed by atoms with Gasteiger partial charge in [0, 0.05) is 38.7 Å². The fourth-order valence-corrected chi connectivity index (χ4v) is 3.35. The fraction of sp³-hybridized carbons (Fsp3) is 0.231. The number of hydrogen-bond donors (Lipinski definition) is 1. The molecule has 0 spiro atoms. The summed E-state index contributed by atoms with van der Waals surface area (Å²) in [6.45, 7) is 0.583. The molecule has 0 saturated carbocycles. The Morgan fingerprint density at radius 2 is 2.11 bits per heavy atom. The molecule has 1 heterocycles. The number of thiophene rings is 1. The molecule has 2 nitrogen and oxygen atoms in total. The van der Waals surface area contributed by atoms with Gasteiger partial charge in [-0.2, -0.15) is 0 Å². The monoisotopic (exact) mass is 346 g/mol. The fourth-order valence-electron chi connectivity index (χ4n) is 1.85. The van der Waals surface area contributed by atoms with E-state index in [0.717, 1.165) is 9.35 Å². The Hall–Kier alpha value is -1.14. The van der Waals surface area contributed by atoms with E-state index in [9.17, 15) is 8.78 Å². The van der Waals surface area contributed by atoms with Crippen LogP contribution in [0, 0.1) is 0 Å². The molecule has 0 aliphatic heterocycles. The normalized spacial score (nSPS) is 11.0. The molecule has 2 N–H and O–H groups in total. The Balaban J connectivity index is 2.25. The third-order valence-corrected chi connectivity index (χ3v) is 4.40. The van der Waals surface area contributed by atoms with Crippen molar-refractivity contribution in [2.75, 3.05) is 17.7 Å². The van der Waals surface area contributed by atoms with Gasteiger partial charge in [0.25, 0.3) is 6.43 Å². The zero-order chi connectivity index (χ0) is 14.0. The van der Waals surface area contributed by atoms with Gasteiger partial charge in [-0.15, -0.1) is 11.3 Å². The standard InChI is InChI=1S/C13H13BrF2N2S/c1-18(6-10-4-8(14)7-19-10)12-3-2-9(17)5-11(12)13(15)16/h2-5,7,13H,6,17H2,1H3. The van der Waals surface area contributed by atoms with Gasteiger partial charge in [0.15, 0.2) is 0 Å². The maximum Gasteiger partial charge on any atom is 0.265 e. The highest BCUT2D eigenvalue weighted by Gasteiger charge is 2.16. The second-order valence-electron chi connectivity index (χ2n) is 4.21. The van der Waals surface area contributed by atoms with Gasteiger partial charge in [-0.3, -0.25) is 0 Å². The van der Waals surface area contributed by atoms with Gasteiger partial charge in [-0.1, -0.05) is 0 Å². The summed E-state index contributed by atoms with van der Waals surface area (Å²) >= 11 is 4.97. The number of nitrogens with two attached hydrogens (primary N) is 1. The van der Waals surface area contributed by atoms with Crippen LogP contribution >= 0.6 is 27.3 Å². The summed E-state index contributed by atoms with van der Waals surface area (Å²) in [5.74, 6) is 0. The van der Waals surface area contributed by atoms with Crippen molar-refractivity contribution in [1.82, 2.24) is 0 Å². The first-order valence-electron chi connectivity index (χ1n) is 5.59. The van der Waals surface area contributed by atoms with E-state index in [1.54, 1.807) is 35.4 Å². The van der Waals surface area contributed by atoms with Crippen LogP contribution in [0.3, 0.4) is 0 Å². The SMILES string of the molecule is CN(Cc1cc(Br)cs1)c1ccc(N)cc1C(F)F. The van der Waals surface area contributed by atoms with Crippen molar-refractivity contribution in [1.29, 1.82) is 0 Å². The third-order valence-electron chi connectivity index (χ3n) is 2.71. The average molecular weight is 347 g/mol. The number of halogens is 3. The van der Waals surface area contributed by atoms with Crippen LogP contribution in [-0.2, 0) is 6.54 Å². The van der Waals surface area contributed by atoms with Crippen molar-refractivity contribution in [3.63, 3.8) is 0 Å². The zero-order valence-electron chi connectivity index (χ0n) is 10.2. The minimum Gasteiger partial charge on any atom is -0.399 e. The van der Waals surface area contributed by atoms with E-state index in [2.05, 4.69) is 15.9 Å². The van der Waals surface area contributed by atoms with E-state index in [1.807, 2.05) is 11.4 Å². The van der Waals surface area contributed by atoms with E-state index in [1.165, 1.54) is 6.07 Å². The molecule has 0 radical (unpaired) electrons. The lowest BCUT2D eigenvalue weighted by atomic mass is 10.1. The molecule has 0 unspecified atom stereocenters. The molecule has 6 heteroatoms. The number of benzene rings is 1. The minimum atomic E-state index is -2.53. The maximum atomic E-state index is 13.0. The van der Waals surface area contributed by atoms with Crippen LogP contribution in [0.15, 0.2) is 34.1 Å². The summed E-state index contributed by atoms with van der Waals surface area (Å²) in [6, 6.07) is 6.60. The molecule has 0 fully saturated rings. The maximum absolute atomic E-state index is 13.0. The molecule has 1 aromatic heterocycles. The molecular weight excluding hydrogens is 334 g/mol. The van der Waals surface area contributed by atoms with E-state index in [0.29, 0.717) is 17.9 Å². The average Bonchev–Trinajstić information content (AvgIpc) is 2.74. The molecule has 1 aromatic carbocycles. The summed E-state index contributed by atoms with van der Waals surface area (Å²) in [5, 5.41) is 1.97. The second kappa shape index (κ2) is 5.88. The lowest BCUT2D eigenvalue weighted by Crippen LogP contribution is -2.17. The summed E-state index contributed by atoms with van der Waals surface area (Å²) in [7, 11) is 1.80. The number of anilines is 2. The molecule has 0 bridgehead atoms. The van der Waals surface area contributed by atoms with Gasteiger partial charge in [-0.25, -0.2) is 8.78 Å². The number of nitrogen functional groups attached to an aromatic ring is 1. The number of nitrogens with zero attached hydrogens (tertiary/aromatic N) is 1. The van der Waals surface area contributed by atoms with Crippen LogP contribution in [0.5, 0.6) is 0 Å². The first kappa shape index (κ1) is 14.3. The highest BCUT2D eigenvalue weighted by atomic mass is 79.9. The molecule has 0 atom stereocenters. The van der Waals surface area contributed by atoms with E-state index in [4.69, 9.17) is 5.73 Å². The van der Waals surface area contributed by atoms with Crippen molar-refractivity contribution < 1.29 is 8.78 Å². The number of alkyl halides is 2. The first-order valence-corrected chi connectivity index (χ1v) is 7.26. The van der Waals surface area contributed by atoms with Gasteiger partial charge >= 0.3 is 0 Å². The van der Waals surface area contributed by atoms with Gasteiger partial charge in [0.2, 0.25) is 0 Å². The smallest absolute Gasteiger partial charge is 0.265 e. The van der Waals surface area contributed by atoms with E-state index < -0.39 is 6.43 Å². The molecule has 0 aliphatic carbocycles. The van der Waals surface area contributed by atoms with Crippen LogP contribution in [0.4, 0.5) is 20.2 Å². The minimum absolute atomic E-state index is 0.0295. The highest BCUT2D eigenvalue weighted by Crippen LogP contribution is 2.32. The summed E-state index contributed by atoms with van der Waals surface area (Å²) in [5.41, 5.74) is 6.40. The van der Waals surface area contributed by atoms with Crippen LogP contribution in [0.25, 0.3) is 0 Å². The molecule has 2 aromatic rings. The van der Waals surface area contributed by atoms with Crippen molar-refractivity contribution in [2.24, 2.45) is 0 Å². The largest absolute Gasteiger partial charge is 0.399 e. The topological polar surface area (TPSA) is 29.3 Å². The number of hydrogen-bond acceptors (Lipinski definition) is 3. The molecule has 2 rings (SSSR count). The molecule has 102 valence electrons. The van der Waals surface area contributed by atoms with E-state index in [-0.39, 0.29) is 5.56 Å². The second-order valence-corrected chi connectivity index (χ2v) is 6.12. The molecule has 0 saturated heterocycles. The lowest BCUT2D eigenvalue weighted by Gasteiger charge is -2.22. The molecule has 19 heavy (non-hydrogen) atoms. The summed E-state index contributed by atoms with van der Waals surface area (Å²) in [4.78, 5) is 2.91. The van der Waals surface area contributed by atoms with Crippen LogP contribution in [-0.4, -0.2) is 7.05 Å². The Labute approximate surface area is 123 Å². The Kier molecular flexibility index (Phi) is 4.42. The van der Waals surface area contributed by atoms with Crippen LogP contribution in [0.1, 0.15) is 16.9 Å². The van der Waals surface area contributed by atoms with Crippen LogP contribution < -0.4 is 10.6 Å². The van der Waals surface area contributed by atoms with E-state index >= 15 is 0 Å². The molecule has 0 aliphatic rings. The highest BCUT2D eigenvalue weighted by molar-refractivity contribution is 9.10. The Morgan fingerprint density at radius 1 is 1.37 bits per heavy atom. The van der Waals surface area contributed by atoms with Crippen LogP contribution in [0.2, 0.25) is 0 Å². The van der Waals surface area contributed by atoms with Gasteiger partial charge < -0.3 is 10.6 Å². The van der Waals surface area contributed by atoms with Crippen molar-refractivity contribution in [3.05, 3.63) is 44.6 Å². The van der Waals surface area contributed by atoms with Crippen molar-refractivity contribution in [3.8, 4) is 0 Å². The summed E-state index contributed by atoms with van der Waals surface area (Å²) < 4.78 is 27.1.